The van der Waals surface area contributed by atoms with Gasteiger partial charge in [-0.3, -0.25) is 4.90 Å². The van der Waals surface area contributed by atoms with E-state index in [1.807, 2.05) is 32.9 Å². The molecular weight excluding hydrogens is 266 g/mol. The summed E-state index contributed by atoms with van der Waals surface area (Å²) in [7, 11) is 0. The Hall–Kier alpha value is -1.55. The molecule has 0 aliphatic carbocycles. The quantitative estimate of drug-likeness (QED) is 0.910. The molecule has 1 amide bonds. The van der Waals surface area contributed by atoms with Gasteiger partial charge in [0.25, 0.3) is 0 Å². The van der Waals surface area contributed by atoms with Crippen molar-refractivity contribution in [1.29, 1.82) is 0 Å². The predicted octanol–water partition coefficient (Wildman–Crippen LogP) is 3.25. The lowest BCUT2D eigenvalue weighted by Crippen LogP contribution is -2.38. The molecule has 0 saturated carbocycles. The molecule has 0 atom stereocenters. The molecule has 0 unspecified atom stereocenters. The van der Waals surface area contributed by atoms with Crippen molar-refractivity contribution in [1.82, 2.24) is 0 Å². The number of carbonyl (C=O) groups excluding carboxylic acids is 1. The minimum absolute atomic E-state index is 0.113. The van der Waals surface area contributed by atoms with Crippen molar-refractivity contribution in [2.24, 2.45) is 0 Å². The van der Waals surface area contributed by atoms with Crippen LogP contribution in [0.15, 0.2) is 18.2 Å². The molecule has 1 aromatic rings. The van der Waals surface area contributed by atoms with Gasteiger partial charge in [0, 0.05) is 18.6 Å². The summed E-state index contributed by atoms with van der Waals surface area (Å²) in [5, 5.41) is 9.08. The number of ether oxygens (including phenoxy) is 1. The van der Waals surface area contributed by atoms with Gasteiger partial charge >= 0.3 is 6.09 Å². The van der Waals surface area contributed by atoms with Crippen LogP contribution in [0.1, 0.15) is 45.7 Å². The van der Waals surface area contributed by atoms with E-state index in [4.69, 9.17) is 9.84 Å². The number of aliphatic hydroxyl groups is 1. The summed E-state index contributed by atoms with van der Waals surface area (Å²) in [4.78, 5) is 14.1. The standard InChI is InChI=1S/C17H25NO3/c1-16(2,3)21-15(20)18-11-17(4,5)13-10-12(8-9-19)6-7-14(13)18/h6-7,10,19H,8-9,11H2,1-5H3. The van der Waals surface area contributed by atoms with Gasteiger partial charge in [-0.1, -0.05) is 26.0 Å². The van der Waals surface area contributed by atoms with Crippen molar-refractivity contribution in [2.75, 3.05) is 18.1 Å². The minimum atomic E-state index is -0.499. The second-order valence-electron chi connectivity index (χ2n) is 7.28. The van der Waals surface area contributed by atoms with Crippen LogP contribution >= 0.6 is 0 Å². The zero-order valence-corrected chi connectivity index (χ0v) is 13.6. The molecule has 4 heteroatoms. The number of hydrogen-bond donors (Lipinski definition) is 1. The Labute approximate surface area is 126 Å². The largest absolute Gasteiger partial charge is 0.443 e. The summed E-state index contributed by atoms with van der Waals surface area (Å²) < 4.78 is 5.50. The molecule has 0 radical (unpaired) electrons. The first kappa shape index (κ1) is 15.8. The summed E-state index contributed by atoms with van der Waals surface area (Å²) in [6.07, 6.45) is 0.333. The highest BCUT2D eigenvalue weighted by Gasteiger charge is 2.39. The van der Waals surface area contributed by atoms with Crippen LogP contribution in [0.25, 0.3) is 0 Å². The smallest absolute Gasteiger partial charge is 0.414 e. The molecule has 0 spiro atoms. The van der Waals surface area contributed by atoms with Gasteiger partial charge in [-0.05, 0) is 44.4 Å². The zero-order valence-electron chi connectivity index (χ0n) is 13.6. The van der Waals surface area contributed by atoms with Crippen LogP contribution in [0, 0.1) is 0 Å². The molecule has 1 heterocycles. The van der Waals surface area contributed by atoms with Gasteiger partial charge < -0.3 is 9.84 Å². The van der Waals surface area contributed by atoms with Crippen LogP contribution in [-0.2, 0) is 16.6 Å². The summed E-state index contributed by atoms with van der Waals surface area (Å²) in [6, 6.07) is 6.02. The van der Waals surface area contributed by atoms with E-state index < -0.39 is 5.60 Å². The van der Waals surface area contributed by atoms with E-state index in [1.54, 1.807) is 4.90 Å². The molecule has 0 fully saturated rings. The molecule has 1 aliphatic rings. The van der Waals surface area contributed by atoms with Crippen molar-refractivity contribution in [3.8, 4) is 0 Å². The van der Waals surface area contributed by atoms with Crippen LogP contribution in [0.4, 0.5) is 10.5 Å². The second-order valence-corrected chi connectivity index (χ2v) is 7.28. The molecule has 0 bridgehead atoms. The Bertz CT molecular complexity index is 543. The number of hydrogen-bond acceptors (Lipinski definition) is 3. The fraction of sp³-hybridized carbons (Fsp3) is 0.588. The van der Waals surface area contributed by atoms with Crippen LogP contribution in [-0.4, -0.2) is 30.0 Å². The lowest BCUT2D eigenvalue weighted by Gasteiger charge is -2.25. The minimum Gasteiger partial charge on any atom is -0.443 e. The van der Waals surface area contributed by atoms with Crippen molar-refractivity contribution in [3.05, 3.63) is 29.3 Å². The molecular formula is C17H25NO3. The topological polar surface area (TPSA) is 49.8 Å². The van der Waals surface area contributed by atoms with Crippen molar-refractivity contribution in [3.63, 3.8) is 0 Å². The van der Waals surface area contributed by atoms with E-state index in [0.29, 0.717) is 13.0 Å². The van der Waals surface area contributed by atoms with E-state index in [-0.39, 0.29) is 18.1 Å². The first-order valence-corrected chi connectivity index (χ1v) is 7.39. The third kappa shape index (κ3) is 3.38. The lowest BCUT2D eigenvalue weighted by molar-refractivity contribution is 0.0579. The average Bonchev–Trinajstić information content (AvgIpc) is 2.60. The third-order valence-electron chi connectivity index (χ3n) is 3.65. The third-order valence-corrected chi connectivity index (χ3v) is 3.65. The molecule has 0 saturated heterocycles. The average molecular weight is 291 g/mol. The van der Waals surface area contributed by atoms with E-state index in [2.05, 4.69) is 19.9 Å². The van der Waals surface area contributed by atoms with Gasteiger partial charge in [0.1, 0.15) is 5.60 Å². The molecule has 4 nitrogen and oxygen atoms in total. The second kappa shape index (κ2) is 5.34. The van der Waals surface area contributed by atoms with Crippen LogP contribution in [0.3, 0.4) is 0 Å². The van der Waals surface area contributed by atoms with Gasteiger partial charge in [0.15, 0.2) is 0 Å². The van der Waals surface area contributed by atoms with Gasteiger partial charge in [-0.2, -0.15) is 0 Å². The Morgan fingerprint density at radius 3 is 2.62 bits per heavy atom. The van der Waals surface area contributed by atoms with E-state index in [0.717, 1.165) is 16.8 Å². The highest BCUT2D eigenvalue weighted by molar-refractivity contribution is 5.91. The number of carbonyl (C=O) groups is 1. The maximum absolute atomic E-state index is 12.4. The number of fused-ring (bicyclic) bond motifs is 1. The van der Waals surface area contributed by atoms with Gasteiger partial charge in [-0.25, -0.2) is 4.79 Å². The molecule has 1 N–H and O–H groups in total. The van der Waals surface area contributed by atoms with E-state index >= 15 is 0 Å². The number of aliphatic hydroxyl groups excluding tert-OH is 1. The summed E-state index contributed by atoms with van der Waals surface area (Å²) >= 11 is 0. The highest BCUT2D eigenvalue weighted by atomic mass is 16.6. The van der Waals surface area contributed by atoms with Crippen molar-refractivity contribution < 1.29 is 14.6 Å². The van der Waals surface area contributed by atoms with Crippen LogP contribution < -0.4 is 4.90 Å². The maximum atomic E-state index is 12.4. The number of benzene rings is 1. The number of nitrogens with zero attached hydrogens (tertiary/aromatic N) is 1. The Kier molecular flexibility index (Phi) is 4.02. The predicted molar refractivity (Wildman–Crippen MR) is 83.8 cm³/mol. The summed E-state index contributed by atoms with van der Waals surface area (Å²) in [5.74, 6) is 0. The Morgan fingerprint density at radius 1 is 1.38 bits per heavy atom. The van der Waals surface area contributed by atoms with Gasteiger partial charge in [-0.15, -0.1) is 0 Å². The fourth-order valence-corrected chi connectivity index (χ4v) is 2.69. The molecule has 1 aliphatic heterocycles. The van der Waals surface area contributed by atoms with Crippen LogP contribution in [0.5, 0.6) is 0 Å². The zero-order chi connectivity index (χ0) is 15.8. The van der Waals surface area contributed by atoms with Crippen molar-refractivity contribution in [2.45, 2.75) is 52.1 Å². The number of anilines is 1. The van der Waals surface area contributed by atoms with Gasteiger partial charge in [0.2, 0.25) is 0 Å². The molecule has 0 aromatic heterocycles. The molecule has 1 aromatic carbocycles. The fourth-order valence-electron chi connectivity index (χ4n) is 2.69. The normalized spacial score (nSPS) is 16.8. The van der Waals surface area contributed by atoms with E-state index in [1.165, 1.54) is 0 Å². The first-order valence-electron chi connectivity index (χ1n) is 7.39. The molecule has 21 heavy (non-hydrogen) atoms. The van der Waals surface area contributed by atoms with Gasteiger partial charge in [0.05, 0.1) is 5.69 Å². The van der Waals surface area contributed by atoms with E-state index in [9.17, 15) is 4.79 Å². The first-order chi connectivity index (χ1) is 9.64. The highest BCUT2D eigenvalue weighted by Crippen LogP contribution is 2.41. The molecule has 2 rings (SSSR count). The maximum Gasteiger partial charge on any atom is 0.414 e. The number of amides is 1. The summed E-state index contributed by atoms with van der Waals surface area (Å²) in [5.41, 5.74) is 2.53. The molecule has 116 valence electrons. The Balaban J connectivity index is 2.33. The van der Waals surface area contributed by atoms with Crippen molar-refractivity contribution >= 4 is 11.8 Å². The Morgan fingerprint density at radius 2 is 2.05 bits per heavy atom. The number of rotatable bonds is 2. The monoisotopic (exact) mass is 291 g/mol. The summed E-state index contributed by atoms with van der Waals surface area (Å²) in [6.45, 7) is 10.6. The van der Waals surface area contributed by atoms with Crippen LogP contribution in [0.2, 0.25) is 0 Å². The SMILES string of the molecule is CC(C)(C)OC(=O)N1CC(C)(C)c2cc(CCO)ccc21. The lowest BCUT2D eigenvalue weighted by atomic mass is 9.86.